The van der Waals surface area contributed by atoms with Crippen molar-refractivity contribution in [1.29, 1.82) is 0 Å². The first-order chi connectivity index (χ1) is 23.6. The Morgan fingerprint density at radius 1 is 1.04 bits per heavy atom. The van der Waals surface area contributed by atoms with Crippen LogP contribution in [-0.2, 0) is 27.4 Å². The molecule has 2 saturated heterocycles. The molecule has 4 aliphatic rings. The van der Waals surface area contributed by atoms with Gasteiger partial charge >= 0.3 is 12.2 Å². The third kappa shape index (κ3) is 4.92. The van der Waals surface area contributed by atoms with E-state index in [9.17, 15) is 9.59 Å². The van der Waals surface area contributed by atoms with E-state index in [1.165, 1.54) is 30.0 Å². The second-order valence-corrected chi connectivity index (χ2v) is 16.5. The minimum Gasteiger partial charge on any atom is -0.444 e. The summed E-state index contributed by atoms with van der Waals surface area (Å²) in [5.74, 6) is -0.0510. The average molecular weight is 708 g/mol. The average Bonchev–Trinajstić information content (AvgIpc) is 3.61. The zero-order valence-electron chi connectivity index (χ0n) is 29.0. The van der Waals surface area contributed by atoms with Crippen LogP contribution in [0.2, 0.25) is 0 Å². The van der Waals surface area contributed by atoms with Gasteiger partial charge in [-0.2, -0.15) is 0 Å². The molecule has 50 heavy (non-hydrogen) atoms. The molecule has 5 heterocycles. The first-order valence-corrected chi connectivity index (χ1v) is 17.9. The summed E-state index contributed by atoms with van der Waals surface area (Å²) in [7, 11) is 0. The zero-order valence-corrected chi connectivity index (χ0v) is 29.8. The molecule has 1 N–H and O–H groups in total. The number of nitrogens with one attached hydrogen (secondary N) is 1. The quantitative estimate of drug-likeness (QED) is 0.161. The van der Waals surface area contributed by atoms with Gasteiger partial charge in [-0.1, -0.05) is 18.7 Å². The summed E-state index contributed by atoms with van der Waals surface area (Å²) >= 11 is 1.40. The van der Waals surface area contributed by atoms with Crippen molar-refractivity contribution < 1.29 is 37.0 Å². The predicted molar refractivity (Wildman–Crippen MR) is 184 cm³/mol. The van der Waals surface area contributed by atoms with Crippen molar-refractivity contribution in [2.45, 2.75) is 109 Å². The molecule has 3 fully saturated rings. The number of nitrogens with zero attached hydrogens (tertiary/aromatic N) is 4. The highest BCUT2D eigenvalue weighted by molar-refractivity contribution is 7.99. The number of carbonyl (C=O) groups excluding carboxylic acids is 2. The minimum atomic E-state index is -0.746. The molecule has 2 aromatic carbocycles. The zero-order chi connectivity index (χ0) is 35.5. The first-order valence-electron chi connectivity index (χ1n) is 16.9. The van der Waals surface area contributed by atoms with Crippen LogP contribution in [0, 0.1) is 11.6 Å². The van der Waals surface area contributed by atoms with E-state index in [0.29, 0.717) is 39.8 Å². The van der Waals surface area contributed by atoms with E-state index in [4.69, 9.17) is 28.6 Å². The number of hydrogen-bond donors (Lipinski definition) is 1. The normalized spacial score (nSPS) is 22.3. The van der Waals surface area contributed by atoms with Crippen molar-refractivity contribution in [1.82, 2.24) is 14.9 Å². The molecule has 3 unspecified atom stereocenters. The number of ether oxygens (including phenoxy) is 3. The number of halogens is 2. The Morgan fingerprint density at radius 3 is 2.44 bits per heavy atom. The van der Waals surface area contributed by atoms with Crippen molar-refractivity contribution in [2.75, 3.05) is 22.5 Å². The lowest BCUT2D eigenvalue weighted by Crippen LogP contribution is -2.97. The van der Waals surface area contributed by atoms with Crippen LogP contribution >= 0.6 is 11.8 Å². The fourth-order valence-electron chi connectivity index (χ4n) is 7.98. The highest BCUT2D eigenvalue weighted by Crippen LogP contribution is 2.62. The Morgan fingerprint density at radius 2 is 1.78 bits per heavy atom. The van der Waals surface area contributed by atoms with Gasteiger partial charge in [0.25, 0.3) is 0 Å². The van der Waals surface area contributed by atoms with Gasteiger partial charge in [0.1, 0.15) is 33.9 Å². The molecule has 14 heteroatoms. The van der Waals surface area contributed by atoms with Crippen LogP contribution < -0.4 is 10.2 Å². The topological polar surface area (TPSA) is 119 Å². The monoisotopic (exact) mass is 707 g/mol. The number of piperazine rings is 1. The summed E-state index contributed by atoms with van der Waals surface area (Å²) in [5, 5.41) is 3.78. The van der Waals surface area contributed by atoms with E-state index < -0.39 is 28.9 Å². The number of aromatic nitrogens is 2. The highest BCUT2D eigenvalue weighted by Gasteiger charge is 2.77. The SMILES string of the molecule is CCSc1nc(N2C3CCC34C2CN4C(=O)OC(C)(C)C)c2c3c(c(-c4c(F)ccc5oc(NC(=O)OC(C)(C)C)cc45)c(F)c2n1)COC3. The second kappa shape index (κ2) is 11.2. The number of fused-ring (bicyclic) bond motifs is 4. The first kappa shape index (κ1) is 33.0. The highest BCUT2D eigenvalue weighted by atomic mass is 32.2. The fourth-order valence-corrected chi connectivity index (χ4v) is 8.54. The van der Waals surface area contributed by atoms with Crippen molar-refractivity contribution in [3.63, 3.8) is 0 Å². The number of rotatable bonds is 5. The van der Waals surface area contributed by atoms with Gasteiger partial charge in [-0.25, -0.2) is 28.3 Å². The third-order valence-electron chi connectivity index (χ3n) is 9.92. The van der Waals surface area contributed by atoms with Crippen LogP contribution in [0.4, 0.5) is 30.1 Å². The number of benzene rings is 2. The van der Waals surface area contributed by atoms with Crippen LogP contribution in [0.1, 0.15) is 72.4 Å². The van der Waals surface area contributed by atoms with E-state index in [2.05, 4.69) is 10.2 Å². The van der Waals surface area contributed by atoms with Crippen LogP contribution in [0.3, 0.4) is 0 Å². The third-order valence-corrected chi connectivity index (χ3v) is 10.6. The summed E-state index contributed by atoms with van der Waals surface area (Å²) in [6.45, 7) is 13.4. The number of thioether (sulfide) groups is 1. The standard InChI is InChI=1S/C36H39F2N5O6S/c1-8-50-31-40-29-27(30(41-31)43-22-11-12-36(22)23(43)14-42(36)33(45)49-35(5,6)7)19-16-46-15-18(19)26(28(29)38)25-17-13-24(39-32(44)48-34(2,3)4)47-21(17)10-9-20(25)37/h9-10,13,22-23H,8,11-12,14-16H2,1-7H3,(H,39,44). The molecular formula is C36H39F2N5O6S. The van der Waals surface area contributed by atoms with Gasteiger partial charge < -0.3 is 23.5 Å². The van der Waals surface area contributed by atoms with Crippen LogP contribution in [0.15, 0.2) is 27.8 Å². The maximum Gasteiger partial charge on any atom is 0.414 e. The maximum atomic E-state index is 17.3. The number of piperidine rings is 1. The Labute approximate surface area is 292 Å². The Hall–Kier alpha value is -4.17. The van der Waals surface area contributed by atoms with Gasteiger partial charge in [-0.15, -0.1) is 0 Å². The summed E-state index contributed by atoms with van der Waals surface area (Å²) in [6, 6.07) is 4.13. The summed E-state index contributed by atoms with van der Waals surface area (Å²) in [4.78, 5) is 39.4. The van der Waals surface area contributed by atoms with Crippen LogP contribution in [0.25, 0.3) is 33.0 Å². The van der Waals surface area contributed by atoms with E-state index in [0.717, 1.165) is 12.8 Å². The Balaban J connectivity index is 1.25. The number of carbonyl (C=O) groups is 2. The van der Waals surface area contributed by atoms with Gasteiger partial charge in [-0.05, 0) is 83.4 Å². The van der Waals surface area contributed by atoms with Gasteiger partial charge in [0.15, 0.2) is 11.0 Å². The van der Waals surface area contributed by atoms with Crippen LogP contribution in [-0.4, -0.2) is 68.2 Å². The van der Waals surface area contributed by atoms with Crippen molar-refractivity contribution >= 4 is 57.5 Å². The lowest BCUT2D eigenvalue weighted by atomic mass is 9.52. The molecule has 11 nitrogen and oxygen atoms in total. The number of amides is 2. The fraction of sp³-hybridized carbons (Fsp3) is 0.500. The van der Waals surface area contributed by atoms with E-state index in [1.54, 1.807) is 20.8 Å². The predicted octanol–water partition coefficient (Wildman–Crippen LogP) is 8.15. The lowest BCUT2D eigenvalue weighted by Gasteiger charge is -2.80. The van der Waals surface area contributed by atoms with Gasteiger partial charge in [0, 0.05) is 29.1 Å². The number of anilines is 2. The van der Waals surface area contributed by atoms with Gasteiger partial charge in [-0.3, -0.25) is 10.2 Å². The molecule has 2 amide bonds. The van der Waals surface area contributed by atoms with Crippen molar-refractivity contribution in [2.24, 2.45) is 0 Å². The number of likely N-dealkylation sites (tertiary alicyclic amines) is 1. The molecule has 264 valence electrons. The molecule has 0 radical (unpaired) electrons. The summed E-state index contributed by atoms with van der Waals surface area (Å²) in [6.07, 6.45) is 0.648. The molecule has 0 bridgehead atoms. The largest absolute Gasteiger partial charge is 0.444 e. The van der Waals surface area contributed by atoms with Gasteiger partial charge in [0.05, 0.1) is 36.2 Å². The molecule has 3 aliphatic heterocycles. The Bertz CT molecular complexity index is 2100. The second-order valence-electron chi connectivity index (χ2n) is 15.3. The molecule has 3 atom stereocenters. The number of hydrogen-bond acceptors (Lipinski definition) is 10. The molecule has 1 spiro atoms. The van der Waals surface area contributed by atoms with Crippen LogP contribution in [0.5, 0.6) is 0 Å². The smallest absolute Gasteiger partial charge is 0.414 e. The summed E-state index contributed by atoms with van der Waals surface area (Å²) < 4.78 is 56.1. The molecule has 8 rings (SSSR count). The molecule has 2 aromatic heterocycles. The van der Waals surface area contributed by atoms with E-state index in [1.807, 2.05) is 32.6 Å². The van der Waals surface area contributed by atoms with E-state index in [-0.39, 0.29) is 70.4 Å². The van der Waals surface area contributed by atoms with Crippen molar-refractivity contribution in [3.05, 3.63) is 41.0 Å². The summed E-state index contributed by atoms with van der Waals surface area (Å²) in [5.41, 5.74) is -0.113. The number of furan rings is 1. The minimum absolute atomic E-state index is 0.0000660. The molecule has 1 aliphatic carbocycles. The molecule has 1 saturated carbocycles. The lowest BCUT2D eigenvalue weighted by molar-refractivity contribution is -0.166. The molecule has 4 aromatic rings. The molecular weight excluding hydrogens is 668 g/mol. The van der Waals surface area contributed by atoms with Crippen molar-refractivity contribution in [3.8, 4) is 11.1 Å². The maximum absolute atomic E-state index is 17.3. The van der Waals surface area contributed by atoms with Gasteiger partial charge in [0.2, 0.25) is 5.88 Å². The van der Waals surface area contributed by atoms with E-state index >= 15 is 8.78 Å². The Kier molecular flexibility index (Phi) is 7.37.